The van der Waals surface area contributed by atoms with Crippen LogP contribution in [-0.4, -0.2) is 25.0 Å². The number of nitrogens with one attached hydrogen (secondary N) is 1. The van der Waals surface area contributed by atoms with Crippen LogP contribution in [0.3, 0.4) is 0 Å². The highest BCUT2D eigenvalue weighted by Crippen LogP contribution is 2.43. The van der Waals surface area contributed by atoms with Gasteiger partial charge in [-0.3, -0.25) is 4.79 Å². The number of ketones is 1. The molecule has 5 nitrogen and oxygen atoms in total. The summed E-state index contributed by atoms with van der Waals surface area (Å²) in [6.07, 6.45) is 1.24. The first-order chi connectivity index (χ1) is 13.3. The second-order valence-electron chi connectivity index (χ2n) is 8.27. The van der Waals surface area contributed by atoms with Gasteiger partial charge in [-0.15, -0.1) is 0 Å². The van der Waals surface area contributed by atoms with Crippen LogP contribution < -0.4 is 5.32 Å². The molecule has 1 atom stereocenters. The third kappa shape index (κ3) is 4.36. The second-order valence-corrected chi connectivity index (χ2v) is 8.27. The maximum atomic E-state index is 13.0. The first-order valence-electron chi connectivity index (χ1n) is 9.85. The third-order valence-electron chi connectivity index (χ3n) is 5.25. The molecular weight excluding hydrogens is 354 g/mol. The topological polar surface area (TPSA) is 64.6 Å². The summed E-state index contributed by atoms with van der Waals surface area (Å²) in [7, 11) is 0. The number of benzene rings is 1. The molecule has 0 radical (unpaired) electrons. The minimum atomic E-state index is -0.400. The van der Waals surface area contributed by atoms with Gasteiger partial charge in [0.2, 0.25) is 0 Å². The van der Waals surface area contributed by atoms with Crippen LogP contribution >= 0.6 is 0 Å². The first kappa shape index (κ1) is 20.3. The van der Waals surface area contributed by atoms with Crippen LogP contribution in [0, 0.1) is 11.3 Å². The molecule has 1 N–H and O–H groups in total. The number of allylic oxidation sites excluding steroid dienone is 2. The Morgan fingerprint density at radius 2 is 1.93 bits per heavy atom. The Hall–Kier alpha value is -2.40. The van der Waals surface area contributed by atoms with Gasteiger partial charge in [-0.1, -0.05) is 44.2 Å². The summed E-state index contributed by atoms with van der Waals surface area (Å²) in [6.45, 7) is 8.83. The Labute approximate surface area is 166 Å². The molecule has 0 fully saturated rings. The highest BCUT2D eigenvalue weighted by atomic mass is 16.5. The van der Waals surface area contributed by atoms with Gasteiger partial charge in [0.25, 0.3) is 0 Å². The van der Waals surface area contributed by atoms with Gasteiger partial charge in [0, 0.05) is 29.3 Å². The van der Waals surface area contributed by atoms with E-state index in [9.17, 15) is 9.59 Å². The van der Waals surface area contributed by atoms with E-state index in [2.05, 4.69) is 19.2 Å². The summed E-state index contributed by atoms with van der Waals surface area (Å²) >= 11 is 0. The fourth-order valence-electron chi connectivity index (χ4n) is 4.09. The molecule has 3 rings (SSSR count). The largest absolute Gasteiger partial charge is 0.463 e. The SMILES string of the molecule is CCOC(=O)C1=C(C)NC2=C(C(=O)CC(C)(C)C2)[C@@H]1COCc1ccccc1. The van der Waals surface area contributed by atoms with E-state index in [1.54, 1.807) is 6.92 Å². The van der Waals surface area contributed by atoms with E-state index in [1.165, 1.54) is 0 Å². The zero-order valence-electron chi connectivity index (χ0n) is 17.1. The van der Waals surface area contributed by atoms with E-state index in [0.29, 0.717) is 30.8 Å². The van der Waals surface area contributed by atoms with Gasteiger partial charge in [-0.2, -0.15) is 0 Å². The molecule has 1 aliphatic carbocycles. The van der Waals surface area contributed by atoms with Crippen molar-refractivity contribution in [3.8, 4) is 0 Å². The van der Waals surface area contributed by atoms with Crippen molar-refractivity contribution in [1.29, 1.82) is 0 Å². The minimum Gasteiger partial charge on any atom is -0.463 e. The lowest BCUT2D eigenvalue weighted by molar-refractivity contribution is -0.139. The van der Waals surface area contributed by atoms with E-state index in [1.807, 2.05) is 37.3 Å². The van der Waals surface area contributed by atoms with Gasteiger partial charge in [0.15, 0.2) is 5.78 Å². The summed E-state index contributed by atoms with van der Waals surface area (Å²) < 4.78 is 11.2. The van der Waals surface area contributed by atoms with Gasteiger partial charge in [-0.05, 0) is 31.2 Å². The smallest absolute Gasteiger partial charge is 0.336 e. The first-order valence-corrected chi connectivity index (χ1v) is 9.85. The van der Waals surface area contributed by atoms with E-state index >= 15 is 0 Å². The maximum Gasteiger partial charge on any atom is 0.336 e. The second kappa shape index (κ2) is 8.31. The number of Topliss-reactive ketones (excluding diaryl/α,β-unsaturated/α-hetero) is 1. The monoisotopic (exact) mass is 383 g/mol. The number of hydrogen-bond donors (Lipinski definition) is 1. The zero-order valence-corrected chi connectivity index (χ0v) is 17.1. The number of rotatable bonds is 6. The number of esters is 1. The van der Waals surface area contributed by atoms with Crippen LogP contribution in [-0.2, 0) is 25.7 Å². The fourth-order valence-corrected chi connectivity index (χ4v) is 4.09. The Balaban J connectivity index is 1.88. The van der Waals surface area contributed by atoms with E-state index in [0.717, 1.165) is 23.4 Å². The molecule has 1 aromatic rings. The average molecular weight is 383 g/mol. The van der Waals surface area contributed by atoms with Crippen molar-refractivity contribution in [2.75, 3.05) is 13.2 Å². The zero-order chi connectivity index (χ0) is 20.3. The average Bonchev–Trinajstić information content (AvgIpc) is 2.61. The predicted octanol–water partition coefficient (Wildman–Crippen LogP) is 3.90. The molecule has 0 saturated carbocycles. The van der Waals surface area contributed by atoms with Crippen molar-refractivity contribution in [2.24, 2.45) is 11.3 Å². The number of dihydropyridines is 1. The molecule has 1 heterocycles. The molecule has 0 bridgehead atoms. The summed E-state index contributed by atoms with van der Waals surface area (Å²) in [5.74, 6) is -0.700. The Morgan fingerprint density at radius 1 is 1.21 bits per heavy atom. The van der Waals surface area contributed by atoms with Crippen LogP contribution in [0.1, 0.15) is 46.1 Å². The van der Waals surface area contributed by atoms with Gasteiger partial charge in [-0.25, -0.2) is 4.79 Å². The number of carbonyl (C=O) groups is 2. The molecule has 5 heteroatoms. The summed E-state index contributed by atoms with van der Waals surface area (Å²) in [5.41, 5.74) is 3.80. The number of carbonyl (C=O) groups excluding carboxylic acids is 2. The van der Waals surface area contributed by atoms with Crippen molar-refractivity contribution >= 4 is 11.8 Å². The fraction of sp³-hybridized carbons (Fsp3) is 0.478. The van der Waals surface area contributed by atoms with Gasteiger partial charge < -0.3 is 14.8 Å². The lowest BCUT2D eigenvalue weighted by Crippen LogP contribution is -2.40. The molecule has 2 aliphatic rings. The molecule has 0 amide bonds. The molecular formula is C23H29NO4. The standard InChI is InChI=1S/C23H29NO4/c1-5-28-22(26)20-15(2)24-18-11-23(3,4)12-19(25)21(18)17(20)14-27-13-16-9-7-6-8-10-16/h6-10,17,24H,5,11-14H2,1-4H3/t17-/m1/s1. The highest BCUT2D eigenvalue weighted by Gasteiger charge is 2.42. The minimum absolute atomic E-state index is 0.0846. The van der Waals surface area contributed by atoms with Crippen LogP contribution in [0.4, 0.5) is 0 Å². The maximum absolute atomic E-state index is 13.0. The normalized spacial score (nSPS) is 21.3. The van der Waals surface area contributed by atoms with Crippen molar-refractivity contribution < 1.29 is 19.1 Å². The molecule has 28 heavy (non-hydrogen) atoms. The van der Waals surface area contributed by atoms with Gasteiger partial charge in [0.1, 0.15) is 0 Å². The quantitative estimate of drug-likeness (QED) is 0.755. The third-order valence-corrected chi connectivity index (χ3v) is 5.25. The van der Waals surface area contributed by atoms with Crippen LogP contribution in [0.2, 0.25) is 0 Å². The molecule has 0 unspecified atom stereocenters. The van der Waals surface area contributed by atoms with E-state index in [-0.39, 0.29) is 23.8 Å². The van der Waals surface area contributed by atoms with Gasteiger partial charge >= 0.3 is 5.97 Å². The van der Waals surface area contributed by atoms with Crippen molar-refractivity contribution in [3.63, 3.8) is 0 Å². The Bertz CT molecular complexity index is 820. The molecule has 1 aromatic carbocycles. The van der Waals surface area contributed by atoms with E-state index in [4.69, 9.17) is 9.47 Å². The van der Waals surface area contributed by atoms with Crippen molar-refractivity contribution in [2.45, 2.75) is 47.1 Å². The summed E-state index contributed by atoms with van der Waals surface area (Å²) in [4.78, 5) is 25.6. The van der Waals surface area contributed by atoms with Crippen LogP contribution in [0.15, 0.2) is 52.9 Å². The lowest BCUT2D eigenvalue weighted by Gasteiger charge is -2.39. The summed E-state index contributed by atoms with van der Waals surface area (Å²) in [5, 5.41) is 3.31. The van der Waals surface area contributed by atoms with Gasteiger partial charge in [0.05, 0.1) is 25.4 Å². The lowest BCUT2D eigenvalue weighted by atomic mass is 9.70. The predicted molar refractivity (Wildman–Crippen MR) is 107 cm³/mol. The number of hydrogen-bond acceptors (Lipinski definition) is 5. The van der Waals surface area contributed by atoms with Crippen LogP contribution in [0.25, 0.3) is 0 Å². The molecule has 0 spiro atoms. The Kier molecular flexibility index (Phi) is 6.04. The molecule has 1 aliphatic heterocycles. The Morgan fingerprint density at radius 3 is 2.61 bits per heavy atom. The van der Waals surface area contributed by atoms with Crippen molar-refractivity contribution in [3.05, 3.63) is 58.4 Å². The van der Waals surface area contributed by atoms with Crippen LogP contribution in [0.5, 0.6) is 0 Å². The molecule has 0 aromatic heterocycles. The highest BCUT2D eigenvalue weighted by molar-refractivity contribution is 6.02. The summed E-state index contributed by atoms with van der Waals surface area (Å²) in [6, 6.07) is 9.87. The molecule has 0 saturated heterocycles. The van der Waals surface area contributed by atoms with Crippen molar-refractivity contribution in [1.82, 2.24) is 5.32 Å². The van der Waals surface area contributed by atoms with E-state index < -0.39 is 5.92 Å². The number of ether oxygens (including phenoxy) is 2. The molecule has 150 valence electrons.